The molecule has 0 aliphatic carbocycles. The van der Waals surface area contributed by atoms with Gasteiger partial charge in [-0.05, 0) is 26.0 Å². The molecule has 0 amide bonds. The summed E-state index contributed by atoms with van der Waals surface area (Å²) >= 11 is 0. The van der Waals surface area contributed by atoms with E-state index in [2.05, 4.69) is 0 Å². The number of hydrogen-bond donors (Lipinski definition) is 0. The molecule has 1 heterocycles. The third kappa shape index (κ3) is 4.76. The first-order valence-corrected chi connectivity index (χ1v) is 11.6. The summed E-state index contributed by atoms with van der Waals surface area (Å²) in [6, 6.07) is 22.7. The minimum Gasteiger partial charge on any atom is -0.308 e. The van der Waals surface area contributed by atoms with E-state index < -0.39 is 19.2 Å². The summed E-state index contributed by atoms with van der Waals surface area (Å²) in [6.45, 7) is 3.62. The van der Waals surface area contributed by atoms with Crippen LogP contribution in [0, 0.1) is 28.6 Å². The summed E-state index contributed by atoms with van der Waals surface area (Å²) in [5.41, 5.74) is 1.43. The fraction of sp³-hybridized carbons (Fsp3) is 0.261. The van der Waals surface area contributed by atoms with Gasteiger partial charge in [0.2, 0.25) is 0 Å². The second-order valence-electron chi connectivity index (χ2n) is 6.64. The fourth-order valence-corrected chi connectivity index (χ4v) is 5.54. The van der Waals surface area contributed by atoms with Crippen LogP contribution in [-0.4, -0.2) is 23.0 Å². The van der Waals surface area contributed by atoms with Crippen LogP contribution in [0.5, 0.6) is 0 Å². The standard InChI is InChI=1S/C23H23N4O3P/c1-3-29-31(28,30-4-2)23(19(15-24)16-25)21-17-27(20-13-9-6-10-14-20)26-22(21)18-11-7-5-8-12-18/h5-14,17,19,23H,3-4H2,1-2H3. The zero-order valence-corrected chi connectivity index (χ0v) is 18.3. The molecular formula is C23H23N4O3P. The number of nitriles is 2. The molecule has 31 heavy (non-hydrogen) atoms. The Morgan fingerprint density at radius 3 is 2.03 bits per heavy atom. The molecule has 0 bridgehead atoms. The van der Waals surface area contributed by atoms with E-state index in [1.165, 1.54) is 0 Å². The van der Waals surface area contributed by atoms with Crippen LogP contribution in [0.2, 0.25) is 0 Å². The van der Waals surface area contributed by atoms with Crippen LogP contribution >= 0.6 is 7.60 Å². The Labute approximate surface area is 182 Å². The number of hydrogen-bond acceptors (Lipinski definition) is 6. The average molecular weight is 434 g/mol. The van der Waals surface area contributed by atoms with Crippen molar-refractivity contribution < 1.29 is 13.6 Å². The van der Waals surface area contributed by atoms with Crippen molar-refractivity contribution in [1.29, 1.82) is 10.5 Å². The zero-order chi connectivity index (χ0) is 22.3. The van der Waals surface area contributed by atoms with Crippen LogP contribution in [0.3, 0.4) is 0 Å². The van der Waals surface area contributed by atoms with Gasteiger partial charge in [0.25, 0.3) is 0 Å². The Bertz CT molecular complexity index is 1110. The Kier molecular flexibility index (Phi) is 7.39. The van der Waals surface area contributed by atoms with Gasteiger partial charge < -0.3 is 9.05 Å². The van der Waals surface area contributed by atoms with E-state index in [-0.39, 0.29) is 13.2 Å². The van der Waals surface area contributed by atoms with Gasteiger partial charge in [0.05, 0.1) is 36.7 Å². The van der Waals surface area contributed by atoms with Gasteiger partial charge in [-0.25, -0.2) is 4.68 Å². The Morgan fingerprint density at radius 1 is 0.968 bits per heavy atom. The quantitative estimate of drug-likeness (QED) is 0.412. The number of rotatable bonds is 9. The van der Waals surface area contributed by atoms with Crippen LogP contribution in [0.25, 0.3) is 16.9 Å². The van der Waals surface area contributed by atoms with E-state index in [0.29, 0.717) is 11.3 Å². The molecule has 0 spiro atoms. The van der Waals surface area contributed by atoms with Crippen molar-refractivity contribution in [2.75, 3.05) is 13.2 Å². The van der Waals surface area contributed by atoms with E-state index >= 15 is 0 Å². The minimum atomic E-state index is -3.86. The van der Waals surface area contributed by atoms with Gasteiger partial charge in [-0.3, -0.25) is 4.57 Å². The fourth-order valence-electron chi connectivity index (χ4n) is 3.40. The summed E-state index contributed by atoms with van der Waals surface area (Å²) in [4.78, 5) is 0. The lowest BCUT2D eigenvalue weighted by molar-refractivity contribution is 0.209. The van der Waals surface area contributed by atoms with Gasteiger partial charge >= 0.3 is 7.60 Å². The molecule has 158 valence electrons. The predicted octanol–water partition coefficient (Wildman–Crippen LogP) is 5.51. The highest BCUT2D eigenvalue weighted by Gasteiger charge is 2.45. The first-order valence-electron chi connectivity index (χ1n) is 9.96. The number of aromatic nitrogens is 2. The highest BCUT2D eigenvalue weighted by molar-refractivity contribution is 7.54. The van der Waals surface area contributed by atoms with Crippen molar-refractivity contribution >= 4 is 7.60 Å². The van der Waals surface area contributed by atoms with Crippen molar-refractivity contribution in [3.05, 3.63) is 72.4 Å². The van der Waals surface area contributed by atoms with Crippen molar-refractivity contribution in [1.82, 2.24) is 9.78 Å². The lowest BCUT2D eigenvalue weighted by atomic mass is 9.98. The van der Waals surface area contributed by atoms with Crippen LogP contribution in [-0.2, 0) is 13.6 Å². The highest BCUT2D eigenvalue weighted by Crippen LogP contribution is 2.64. The molecule has 1 unspecified atom stereocenters. The Morgan fingerprint density at radius 2 is 1.52 bits per heavy atom. The lowest BCUT2D eigenvalue weighted by Gasteiger charge is -2.26. The third-order valence-electron chi connectivity index (χ3n) is 4.68. The smallest absolute Gasteiger partial charge is 0.308 e. The van der Waals surface area contributed by atoms with E-state index in [1.54, 1.807) is 24.7 Å². The Hall–Kier alpha value is -3.22. The normalized spacial score (nSPS) is 12.3. The molecule has 0 aliphatic rings. The largest absolute Gasteiger partial charge is 0.340 e. The molecule has 0 aliphatic heterocycles. The van der Waals surface area contributed by atoms with Crippen molar-refractivity contribution in [2.24, 2.45) is 5.92 Å². The summed E-state index contributed by atoms with van der Waals surface area (Å²) < 4.78 is 26.6. The lowest BCUT2D eigenvalue weighted by Crippen LogP contribution is -2.15. The second kappa shape index (κ2) is 10.2. The van der Waals surface area contributed by atoms with Crippen molar-refractivity contribution in [2.45, 2.75) is 19.5 Å². The van der Waals surface area contributed by atoms with Crippen molar-refractivity contribution in [3.63, 3.8) is 0 Å². The van der Waals surface area contributed by atoms with Crippen LogP contribution in [0.4, 0.5) is 0 Å². The molecule has 1 atom stereocenters. The van der Waals surface area contributed by atoms with E-state index in [9.17, 15) is 15.1 Å². The highest BCUT2D eigenvalue weighted by atomic mass is 31.2. The Balaban J connectivity index is 2.29. The minimum absolute atomic E-state index is 0.116. The van der Waals surface area contributed by atoms with Crippen molar-refractivity contribution in [3.8, 4) is 29.1 Å². The van der Waals surface area contributed by atoms with E-state index in [0.717, 1.165) is 11.3 Å². The topological polar surface area (TPSA) is 101 Å². The van der Waals surface area contributed by atoms with Gasteiger partial charge in [-0.2, -0.15) is 15.6 Å². The van der Waals surface area contributed by atoms with Gasteiger partial charge in [-0.1, -0.05) is 48.5 Å². The molecule has 8 heteroatoms. The van der Waals surface area contributed by atoms with Gasteiger partial charge in [0.15, 0.2) is 5.92 Å². The maximum atomic E-state index is 13.8. The SMILES string of the molecule is CCOP(=O)(OCC)C(c1cn(-c2ccccc2)nc1-c1ccccc1)C(C#N)C#N. The maximum absolute atomic E-state index is 13.8. The number of nitrogens with zero attached hydrogens (tertiary/aromatic N) is 4. The predicted molar refractivity (Wildman–Crippen MR) is 117 cm³/mol. The first-order chi connectivity index (χ1) is 15.1. The molecule has 3 aromatic rings. The molecular weight excluding hydrogens is 411 g/mol. The summed E-state index contributed by atoms with van der Waals surface area (Å²) in [5, 5.41) is 24.1. The average Bonchev–Trinajstić information content (AvgIpc) is 3.23. The molecule has 2 aromatic carbocycles. The second-order valence-corrected chi connectivity index (χ2v) is 8.79. The molecule has 3 rings (SSSR count). The van der Waals surface area contributed by atoms with Crippen LogP contribution in [0.1, 0.15) is 25.1 Å². The molecule has 0 N–H and O–H groups in total. The monoisotopic (exact) mass is 434 g/mol. The van der Waals surface area contributed by atoms with Gasteiger partial charge in [-0.15, -0.1) is 0 Å². The molecule has 0 saturated carbocycles. The molecule has 7 nitrogen and oxygen atoms in total. The van der Waals surface area contributed by atoms with Gasteiger partial charge in [0, 0.05) is 17.3 Å². The molecule has 1 aromatic heterocycles. The number of para-hydroxylation sites is 1. The zero-order valence-electron chi connectivity index (χ0n) is 17.4. The molecule has 0 fully saturated rings. The molecule has 0 radical (unpaired) electrons. The third-order valence-corrected chi connectivity index (χ3v) is 7.18. The van der Waals surface area contributed by atoms with E-state index in [4.69, 9.17) is 14.1 Å². The van der Waals surface area contributed by atoms with Gasteiger partial charge in [0.1, 0.15) is 5.66 Å². The van der Waals surface area contributed by atoms with Crippen LogP contribution in [0.15, 0.2) is 66.9 Å². The molecule has 0 saturated heterocycles. The number of benzene rings is 2. The van der Waals surface area contributed by atoms with E-state index in [1.807, 2.05) is 72.8 Å². The van der Waals surface area contributed by atoms with Crippen LogP contribution < -0.4 is 0 Å². The maximum Gasteiger partial charge on any atom is 0.340 e. The summed E-state index contributed by atoms with van der Waals surface area (Å²) in [7, 11) is -3.86. The summed E-state index contributed by atoms with van der Waals surface area (Å²) in [5.74, 6) is -1.25. The first kappa shape index (κ1) is 22.5. The summed E-state index contributed by atoms with van der Waals surface area (Å²) in [6.07, 6.45) is 1.70.